The van der Waals surface area contributed by atoms with Gasteiger partial charge in [0.15, 0.2) is 17.8 Å². The number of carbonyl (C=O) groups is 2. The van der Waals surface area contributed by atoms with Crippen molar-refractivity contribution in [1.82, 2.24) is 4.90 Å². The number of rotatable bonds is 9. The molecule has 0 bridgehead atoms. The molecule has 0 radical (unpaired) electrons. The molecule has 3 rings (SSSR count). The van der Waals surface area contributed by atoms with Crippen LogP contribution in [-0.4, -0.2) is 50.4 Å². The van der Waals surface area contributed by atoms with Crippen LogP contribution in [0.25, 0.3) is 6.08 Å². The average Bonchev–Trinajstić information content (AvgIpc) is 3.26. The van der Waals surface area contributed by atoms with Crippen molar-refractivity contribution in [2.24, 2.45) is 0 Å². The molecule has 0 saturated carbocycles. The van der Waals surface area contributed by atoms with E-state index in [2.05, 4.69) is 10.2 Å². The Balaban J connectivity index is 1.58. The normalized spacial score (nSPS) is 14.1. The minimum absolute atomic E-state index is 0.316. The summed E-state index contributed by atoms with van der Waals surface area (Å²) in [6.45, 7) is 3.81. The van der Waals surface area contributed by atoms with Gasteiger partial charge in [0.1, 0.15) is 6.61 Å². The second-order valence-electron chi connectivity index (χ2n) is 6.84. The van der Waals surface area contributed by atoms with Crippen LogP contribution >= 0.6 is 0 Å². The maximum atomic E-state index is 12.2. The first kappa shape index (κ1) is 20.6. The van der Waals surface area contributed by atoms with Gasteiger partial charge in [0.05, 0.1) is 12.8 Å². The first-order valence-electron chi connectivity index (χ1n) is 9.76. The molecule has 0 atom stereocenters. The van der Waals surface area contributed by atoms with Crippen molar-refractivity contribution in [3.8, 4) is 11.5 Å². The Kier molecular flexibility index (Phi) is 7.41. The van der Waals surface area contributed by atoms with Crippen LogP contribution in [0.1, 0.15) is 28.8 Å². The summed E-state index contributed by atoms with van der Waals surface area (Å²) in [6.07, 6.45) is 6.35. The highest BCUT2D eigenvalue weighted by molar-refractivity contribution is 6.04. The molecule has 1 aliphatic rings. The summed E-state index contributed by atoms with van der Waals surface area (Å²) < 4.78 is 11.3. The predicted octanol–water partition coefficient (Wildman–Crippen LogP) is 3.63. The van der Waals surface area contributed by atoms with E-state index in [9.17, 15) is 9.59 Å². The molecule has 0 spiro atoms. The zero-order valence-corrected chi connectivity index (χ0v) is 16.6. The number of amides is 1. The number of nitrogens with one attached hydrogen (secondary N) is 1. The summed E-state index contributed by atoms with van der Waals surface area (Å²) in [5.41, 5.74) is 1.73. The summed E-state index contributed by atoms with van der Waals surface area (Å²) in [7, 11) is 1.60. The van der Waals surface area contributed by atoms with Gasteiger partial charge in [-0.25, -0.2) is 0 Å². The number of methoxy groups -OCH3 is 1. The van der Waals surface area contributed by atoms with Crippen LogP contribution in [0.5, 0.6) is 11.5 Å². The molecule has 0 aliphatic carbocycles. The minimum Gasteiger partial charge on any atom is -0.493 e. The molecule has 1 N–H and O–H groups in total. The second kappa shape index (κ2) is 10.4. The van der Waals surface area contributed by atoms with Crippen molar-refractivity contribution in [3.63, 3.8) is 0 Å². The molecule has 6 heteroatoms. The molecule has 1 aliphatic heterocycles. The van der Waals surface area contributed by atoms with E-state index in [0.717, 1.165) is 25.2 Å². The number of ether oxygens (including phenoxy) is 2. The number of nitrogens with zero attached hydrogens (tertiary/aromatic N) is 1. The number of hydrogen-bond acceptors (Lipinski definition) is 5. The van der Waals surface area contributed by atoms with Gasteiger partial charge in [-0.1, -0.05) is 18.2 Å². The van der Waals surface area contributed by atoms with E-state index >= 15 is 0 Å². The van der Waals surface area contributed by atoms with E-state index < -0.39 is 0 Å². The Hall–Kier alpha value is -3.12. The maximum Gasteiger partial charge on any atom is 0.248 e. The fourth-order valence-corrected chi connectivity index (χ4v) is 3.26. The average molecular weight is 394 g/mol. The lowest BCUT2D eigenvalue weighted by molar-refractivity contribution is -0.111. The third-order valence-corrected chi connectivity index (χ3v) is 4.82. The first-order valence-corrected chi connectivity index (χ1v) is 9.76. The third kappa shape index (κ3) is 5.93. The van der Waals surface area contributed by atoms with Gasteiger partial charge >= 0.3 is 0 Å². The SMILES string of the molecule is COc1cc(/C=C/C(=O)Nc2ccccc2C=O)ccc1OCCN1CCCC1. The van der Waals surface area contributed by atoms with Gasteiger partial charge in [0, 0.05) is 18.2 Å². The summed E-state index contributed by atoms with van der Waals surface area (Å²) >= 11 is 0. The lowest BCUT2D eigenvalue weighted by Gasteiger charge is -2.16. The zero-order chi connectivity index (χ0) is 20.5. The molecule has 0 aromatic heterocycles. The minimum atomic E-state index is -0.316. The molecule has 6 nitrogen and oxygen atoms in total. The van der Waals surface area contributed by atoms with Crippen molar-refractivity contribution in [2.75, 3.05) is 38.7 Å². The molecule has 2 aromatic carbocycles. The number of aldehydes is 1. The molecular formula is C23H26N2O4. The van der Waals surface area contributed by atoms with Crippen LogP contribution in [0, 0.1) is 0 Å². The molecular weight excluding hydrogens is 368 g/mol. The molecule has 2 aromatic rings. The topological polar surface area (TPSA) is 67.9 Å². The van der Waals surface area contributed by atoms with Gasteiger partial charge in [-0.05, 0) is 61.8 Å². The number of para-hydroxylation sites is 1. The van der Waals surface area contributed by atoms with E-state index in [1.165, 1.54) is 18.9 Å². The van der Waals surface area contributed by atoms with Crippen LogP contribution in [0.3, 0.4) is 0 Å². The Morgan fingerprint density at radius 1 is 1.14 bits per heavy atom. The fourth-order valence-electron chi connectivity index (χ4n) is 3.26. The number of anilines is 1. The van der Waals surface area contributed by atoms with E-state index in [1.807, 2.05) is 18.2 Å². The Morgan fingerprint density at radius 3 is 2.69 bits per heavy atom. The Labute approximate surface area is 171 Å². The van der Waals surface area contributed by atoms with Gasteiger partial charge < -0.3 is 14.8 Å². The van der Waals surface area contributed by atoms with Crippen molar-refractivity contribution in [1.29, 1.82) is 0 Å². The van der Waals surface area contributed by atoms with Gasteiger partial charge in [-0.2, -0.15) is 0 Å². The van der Waals surface area contributed by atoms with Crippen molar-refractivity contribution in [3.05, 3.63) is 59.7 Å². The molecule has 1 heterocycles. The highest BCUT2D eigenvalue weighted by Crippen LogP contribution is 2.28. The zero-order valence-electron chi connectivity index (χ0n) is 16.6. The van der Waals surface area contributed by atoms with Crippen molar-refractivity contribution >= 4 is 24.0 Å². The van der Waals surface area contributed by atoms with Crippen LogP contribution in [0.15, 0.2) is 48.5 Å². The van der Waals surface area contributed by atoms with Crippen LogP contribution in [0.4, 0.5) is 5.69 Å². The van der Waals surface area contributed by atoms with E-state index in [0.29, 0.717) is 35.6 Å². The molecule has 1 saturated heterocycles. The number of carbonyl (C=O) groups excluding carboxylic acids is 2. The van der Waals surface area contributed by atoms with Gasteiger partial charge in [-0.3, -0.25) is 14.5 Å². The predicted molar refractivity (Wildman–Crippen MR) is 114 cm³/mol. The van der Waals surface area contributed by atoms with E-state index in [-0.39, 0.29) is 5.91 Å². The quantitative estimate of drug-likeness (QED) is 0.520. The van der Waals surface area contributed by atoms with Crippen LogP contribution in [-0.2, 0) is 4.79 Å². The first-order chi connectivity index (χ1) is 14.2. The van der Waals surface area contributed by atoms with Crippen molar-refractivity contribution < 1.29 is 19.1 Å². The van der Waals surface area contributed by atoms with Gasteiger partial charge in [0.25, 0.3) is 0 Å². The van der Waals surface area contributed by atoms with E-state index in [1.54, 1.807) is 37.5 Å². The fraction of sp³-hybridized carbons (Fsp3) is 0.304. The van der Waals surface area contributed by atoms with Crippen LogP contribution in [0.2, 0.25) is 0 Å². The van der Waals surface area contributed by atoms with Gasteiger partial charge in [0.2, 0.25) is 5.91 Å². The maximum absolute atomic E-state index is 12.2. The summed E-state index contributed by atoms with van der Waals surface area (Å²) in [4.78, 5) is 25.6. The Bertz CT molecular complexity index is 873. The van der Waals surface area contributed by atoms with Crippen molar-refractivity contribution in [2.45, 2.75) is 12.8 Å². The largest absolute Gasteiger partial charge is 0.493 e. The molecule has 1 fully saturated rings. The number of hydrogen-bond donors (Lipinski definition) is 1. The molecule has 152 valence electrons. The smallest absolute Gasteiger partial charge is 0.248 e. The molecule has 29 heavy (non-hydrogen) atoms. The second-order valence-corrected chi connectivity index (χ2v) is 6.84. The summed E-state index contributed by atoms with van der Waals surface area (Å²) in [5, 5.41) is 2.71. The third-order valence-electron chi connectivity index (χ3n) is 4.82. The summed E-state index contributed by atoms with van der Waals surface area (Å²) in [5.74, 6) is 0.998. The Morgan fingerprint density at radius 2 is 1.93 bits per heavy atom. The van der Waals surface area contributed by atoms with Crippen LogP contribution < -0.4 is 14.8 Å². The standard InChI is InChI=1S/C23H26N2O4/c1-28-22-16-18(8-10-21(22)29-15-14-25-12-4-5-13-25)9-11-23(27)24-20-7-3-2-6-19(20)17-26/h2-3,6-11,16-17H,4-5,12-15H2,1H3,(H,24,27)/b11-9+. The number of likely N-dealkylation sites (tertiary alicyclic amines) is 1. The molecule has 0 unspecified atom stereocenters. The van der Waals surface area contributed by atoms with E-state index in [4.69, 9.17) is 9.47 Å². The summed E-state index contributed by atoms with van der Waals surface area (Å²) in [6, 6.07) is 12.4. The monoisotopic (exact) mass is 394 g/mol. The van der Waals surface area contributed by atoms with Gasteiger partial charge in [-0.15, -0.1) is 0 Å². The number of benzene rings is 2. The lowest BCUT2D eigenvalue weighted by Crippen LogP contribution is -2.25. The molecule has 1 amide bonds. The lowest BCUT2D eigenvalue weighted by atomic mass is 10.1. The highest BCUT2D eigenvalue weighted by atomic mass is 16.5. The highest BCUT2D eigenvalue weighted by Gasteiger charge is 2.12.